The molecular formula is C15H20N6O3. The second-order valence-corrected chi connectivity index (χ2v) is 5.54. The Morgan fingerprint density at radius 1 is 1.33 bits per heavy atom. The molecule has 0 radical (unpaired) electrons. The number of H-pyrrole nitrogens is 1. The Balaban J connectivity index is 1.55. The predicted octanol–water partition coefficient (Wildman–Crippen LogP) is -0.178. The highest BCUT2D eigenvalue weighted by Crippen LogP contribution is 2.09. The number of carbonyl (C=O) groups is 1. The zero-order valence-electron chi connectivity index (χ0n) is 13.2. The summed E-state index contributed by atoms with van der Waals surface area (Å²) in [5, 5.41) is 12.3. The summed E-state index contributed by atoms with van der Waals surface area (Å²) in [5.41, 5.74) is 1.61. The van der Waals surface area contributed by atoms with Crippen molar-refractivity contribution in [2.45, 2.75) is 19.0 Å². The van der Waals surface area contributed by atoms with E-state index in [1.807, 2.05) is 0 Å². The second kappa shape index (κ2) is 7.84. The SMILES string of the molecule is O=C(O)C(Cc1cnc[nH]1)NCc1cnc(N2CCOCC2)nc1. The number of anilines is 1. The molecule has 0 aromatic carbocycles. The van der Waals surface area contributed by atoms with Crippen LogP contribution >= 0.6 is 0 Å². The minimum atomic E-state index is -0.907. The molecule has 1 atom stereocenters. The van der Waals surface area contributed by atoms with Crippen molar-refractivity contribution in [3.63, 3.8) is 0 Å². The summed E-state index contributed by atoms with van der Waals surface area (Å²) < 4.78 is 5.31. The van der Waals surface area contributed by atoms with Crippen LogP contribution in [0.15, 0.2) is 24.9 Å². The number of rotatable bonds is 7. The molecule has 1 aliphatic rings. The zero-order chi connectivity index (χ0) is 16.8. The van der Waals surface area contributed by atoms with Gasteiger partial charge in [0.25, 0.3) is 0 Å². The van der Waals surface area contributed by atoms with Crippen molar-refractivity contribution < 1.29 is 14.6 Å². The molecule has 24 heavy (non-hydrogen) atoms. The van der Waals surface area contributed by atoms with Gasteiger partial charge in [0.05, 0.1) is 19.5 Å². The van der Waals surface area contributed by atoms with Gasteiger partial charge in [-0.1, -0.05) is 0 Å². The maximum absolute atomic E-state index is 11.4. The fourth-order valence-corrected chi connectivity index (χ4v) is 2.47. The van der Waals surface area contributed by atoms with Gasteiger partial charge in [0, 0.05) is 55.9 Å². The highest BCUT2D eigenvalue weighted by atomic mass is 16.5. The third-order valence-electron chi connectivity index (χ3n) is 3.82. The lowest BCUT2D eigenvalue weighted by Crippen LogP contribution is -2.38. The van der Waals surface area contributed by atoms with Gasteiger partial charge in [0.1, 0.15) is 6.04 Å². The Morgan fingerprint density at radius 3 is 2.71 bits per heavy atom. The van der Waals surface area contributed by atoms with E-state index in [1.54, 1.807) is 18.6 Å². The van der Waals surface area contributed by atoms with Crippen molar-refractivity contribution in [2.75, 3.05) is 31.2 Å². The van der Waals surface area contributed by atoms with E-state index in [2.05, 4.69) is 30.2 Å². The van der Waals surface area contributed by atoms with Crippen LogP contribution in [0.5, 0.6) is 0 Å². The minimum Gasteiger partial charge on any atom is -0.480 e. The smallest absolute Gasteiger partial charge is 0.321 e. The van der Waals surface area contributed by atoms with Crippen LogP contribution in [-0.4, -0.2) is 63.4 Å². The predicted molar refractivity (Wildman–Crippen MR) is 85.6 cm³/mol. The van der Waals surface area contributed by atoms with Gasteiger partial charge >= 0.3 is 5.97 Å². The molecule has 9 nitrogen and oxygen atoms in total. The van der Waals surface area contributed by atoms with Gasteiger partial charge in [0.2, 0.25) is 5.95 Å². The monoisotopic (exact) mass is 332 g/mol. The lowest BCUT2D eigenvalue weighted by atomic mass is 10.1. The summed E-state index contributed by atoms with van der Waals surface area (Å²) in [6.45, 7) is 3.31. The van der Waals surface area contributed by atoms with Crippen molar-refractivity contribution >= 4 is 11.9 Å². The van der Waals surface area contributed by atoms with Crippen LogP contribution in [-0.2, 0) is 22.5 Å². The lowest BCUT2D eigenvalue weighted by molar-refractivity contribution is -0.139. The van der Waals surface area contributed by atoms with Crippen molar-refractivity contribution in [3.05, 3.63) is 36.2 Å². The third-order valence-corrected chi connectivity index (χ3v) is 3.82. The van der Waals surface area contributed by atoms with E-state index in [4.69, 9.17) is 4.74 Å². The van der Waals surface area contributed by atoms with Crippen LogP contribution in [0.1, 0.15) is 11.3 Å². The number of imidazole rings is 1. The van der Waals surface area contributed by atoms with Gasteiger partial charge in [-0.15, -0.1) is 0 Å². The Bertz CT molecular complexity index is 640. The highest BCUT2D eigenvalue weighted by Gasteiger charge is 2.18. The van der Waals surface area contributed by atoms with E-state index < -0.39 is 12.0 Å². The van der Waals surface area contributed by atoms with Gasteiger partial charge in [-0.05, 0) is 0 Å². The van der Waals surface area contributed by atoms with Gasteiger partial charge in [-0.2, -0.15) is 0 Å². The topological polar surface area (TPSA) is 116 Å². The van der Waals surface area contributed by atoms with Crippen molar-refractivity contribution in [1.29, 1.82) is 0 Å². The Kier molecular flexibility index (Phi) is 5.34. The molecule has 2 aromatic heterocycles. The molecule has 0 spiro atoms. The van der Waals surface area contributed by atoms with E-state index >= 15 is 0 Å². The summed E-state index contributed by atoms with van der Waals surface area (Å²) in [6.07, 6.45) is 6.94. The first kappa shape index (κ1) is 16.3. The van der Waals surface area contributed by atoms with Crippen LogP contribution in [0.4, 0.5) is 5.95 Å². The molecule has 0 saturated carbocycles. The third kappa shape index (κ3) is 4.27. The molecular weight excluding hydrogens is 312 g/mol. The zero-order valence-corrected chi connectivity index (χ0v) is 13.2. The fraction of sp³-hybridized carbons (Fsp3) is 0.467. The first-order valence-corrected chi connectivity index (χ1v) is 7.79. The molecule has 2 aromatic rings. The maximum atomic E-state index is 11.4. The van der Waals surface area contributed by atoms with Crippen LogP contribution < -0.4 is 10.2 Å². The number of nitrogens with one attached hydrogen (secondary N) is 2. The van der Waals surface area contributed by atoms with Crippen LogP contribution in [0.3, 0.4) is 0 Å². The number of aromatic amines is 1. The van der Waals surface area contributed by atoms with E-state index in [9.17, 15) is 9.90 Å². The van der Waals surface area contributed by atoms with Gasteiger partial charge < -0.3 is 19.7 Å². The van der Waals surface area contributed by atoms with Gasteiger partial charge in [-0.3, -0.25) is 10.1 Å². The number of morpholine rings is 1. The number of carboxylic acids is 1. The van der Waals surface area contributed by atoms with Crippen LogP contribution in [0.25, 0.3) is 0 Å². The van der Waals surface area contributed by atoms with Crippen molar-refractivity contribution in [1.82, 2.24) is 25.3 Å². The van der Waals surface area contributed by atoms with Crippen LogP contribution in [0, 0.1) is 0 Å². The molecule has 128 valence electrons. The first-order valence-electron chi connectivity index (χ1n) is 7.79. The Labute approximate surface area is 139 Å². The molecule has 3 rings (SSSR count). The Morgan fingerprint density at radius 2 is 2.08 bits per heavy atom. The molecule has 3 heterocycles. The number of aromatic nitrogens is 4. The summed E-state index contributed by atoms with van der Waals surface area (Å²) in [6, 6.07) is -0.704. The normalized spacial score (nSPS) is 16.1. The number of ether oxygens (including phenoxy) is 1. The van der Waals surface area contributed by atoms with E-state index in [0.717, 1.165) is 24.3 Å². The number of aliphatic carboxylic acids is 1. The Hall–Kier alpha value is -2.52. The largest absolute Gasteiger partial charge is 0.480 e. The summed E-state index contributed by atoms with van der Waals surface area (Å²) in [7, 11) is 0. The average molecular weight is 332 g/mol. The summed E-state index contributed by atoms with van der Waals surface area (Å²) in [5.74, 6) is -0.232. The summed E-state index contributed by atoms with van der Waals surface area (Å²) in [4.78, 5) is 28.9. The standard InChI is InChI=1S/C15H20N6O3/c22-14(23)13(5-12-9-16-10-20-12)17-6-11-7-18-15(19-8-11)21-1-3-24-4-2-21/h7-10,13,17H,1-6H2,(H,16,20)(H,22,23). The van der Waals surface area contributed by atoms with E-state index in [0.29, 0.717) is 32.1 Å². The van der Waals surface area contributed by atoms with E-state index in [1.165, 1.54) is 6.33 Å². The van der Waals surface area contributed by atoms with Gasteiger partial charge in [0.15, 0.2) is 0 Å². The van der Waals surface area contributed by atoms with E-state index in [-0.39, 0.29) is 0 Å². The molecule has 9 heteroatoms. The van der Waals surface area contributed by atoms with Crippen molar-refractivity contribution in [2.24, 2.45) is 0 Å². The molecule has 1 saturated heterocycles. The fourth-order valence-electron chi connectivity index (χ4n) is 2.47. The molecule has 3 N–H and O–H groups in total. The molecule has 1 unspecified atom stereocenters. The second-order valence-electron chi connectivity index (χ2n) is 5.54. The summed E-state index contributed by atoms with van der Waals surface area (Å²) >= 11 is 0. The lowest BCUT2D eigenvalue weighted by Gasteiger charge is -2.26. The molecule has 0 amide bonds. The first-order chi connectivity index (χ1) is 11.7. The molecule has 0 aliphatic carbocycles. The number of nitrogens with zero attached hydrogens (tertiary/aromatic N) is 4. The number of hydrogen-bond donors (Lipinski definition) is 3. The number of hydrogen-bond acceptors (Lipinski definition) is 7. The average Bonchev–Trinajstić information content (AvgIpc) is 3.13. The molecule has 1 fully saturated rings. The molecule has 0 bridgehead atoms. The minimum absolute atomic E-state index is 0.335. The van der Waals surface area contributed by atoms with Crippen molar-refractivity contribution in [3.8, 4) is 0 Å². The van der Waals surface area contributed by atoms with Crippen LogP contribution in [0.2, 0.25) is 0 Å². The maximum Gasteiger partial charge on any atom is 0.321 e. The quantitative estimate of drug-likeness (QED) is 0.639. The number of carboxylic acid groups (broad SMARTS) is 1. The molecule has 1 aliphatic heterocycles. The highest BCUT2D eigenvalue weighted by molar-refractivity contribution is 5.73. The van der Waals surface area contributed by atoms with Gasteiger partial charge in [-0.25, -0.2) is 15.0 Å².